The van der Waals surface area contributed by atoms with Crippen LogP contribution in [0.25, 0.3) is 0 Å². The average molecular weight is 237 g/mol. The maximum Gasteiger partial charge on any atom is 0.352 e. The van der Waals surface area contributed by atoms with Crippen molar-refractivity contribution in [2.75, 3.05) is 0 Å². The summed E-state index contributed by atoms with van der Waals surface area (Å²) in [6.07, 6.45) is 0. The Morgan fingerprint density at radius 2 is 2.00 bits per heavy atom. The van der Waals surface area contributed by atoms with Crippen LogP contribution in [0.3, 0.4) is 0 Å². The zero-order valence-electron chi connectivity index (χ0n) is 9.54. The van der Waals surface area contributed by atoms with Crippen LogP contribution in [0.15, 0.2) is 18.2 Å². The molecule has 0 bridgehead atoms. The predicted molar refractivity (Wildman–Crippen MR) is 65.2 cm³/mol. The Balaban J connectivity index is 3.07. The van der Waals surface area contributed by atoms with Crippen LogP contribution in [0.1, 0.15) is 11.4 Å². The second-order valence-corrected chi connectivity index (χ2v) is 4.13. The van der Waals surface area contributed by atoms with Gasteiger partial charge in [-0.2, -0.15) is 5.26 Å². The number of phenolic OH excluding ortho intramolecular Hbond substituents is 2. The first-order valence-electron chi connectivity index (χ1n) is 4.97. The molecule has 6 nitrogen and oxygen atoms in total. The van der Waals surface area contributed by atoms with Crippen molar-refractivity contribution in [1.82, 2.24) is 0 Å². The van der Waals surface area contributed by atoms with E-state index in [-0.39, 0.29) is 11.5 Å². The van der Waals surface area contributed by atoms with Crippen LogP contribution in [-0.4, -0.2) is 42.6 Å². The van der Waals surface area contributed by atoms with Crippen molar-refractivity contribution in [3.63, 3.8) is 0 Å². The summed E-state index contributed by atoms with van der Waals surface area (Å²) in [7, 11) is 3.04. The lowest BCUT2D eigenvalue weighted by Crippen LogP contribution is -2.54. The average Bonchev–Trinajstić information content (AvgIpc) is 2.30. The van der Waals surface area contributed by atoms with Gasteiger partial charge in [0.05, 0.1) is 5.44 Å². The number of hydrogen-bond donors (Lipinski definition) is 4. The van der Waals surface area contributed by atoms with Crippen LogP contribution in [-0.2, 0) is 9.68 Å². The number of carbonyl (C=O) groups is 1. The Morgan fingerprint density at radius 3 is 2.47 bits per heavy atom. The quantitative estimate of drug-likeness (QED) is 0.211. The molecule has 1 aromatic carbocycles. The van der Waals surface area contributed by atoms with Gasteiger partial charge in [0.1, 0.15) is 15.7 Å². The molecule has 5 N–H and O–H groups in total. The molecule has 0 saturated heterocycles. The van der Waals surface area contributed by atoms with Gasteiger partial charge in [0.25, 0.3) is 0 Å². The number of carbonyl (C=O) groups excluding carboxylic acids is 1. The molecule has 1 rings (SSSR count). The summed E-state index contributed by atoms with van der Waals surface area (Å²) in [6, 6.07) is 4.12. The molecule has 90 valence electrons. The fraction of sp³-hybridized carbons (Fsp3) is 0.222. The van der Waals surface area contributed by atoms with E-state index in [0.29, 0.717) is 5.56 Å². The van der Waals surface area contributed by atoms with Crippen molar-refractivity contribution in [3.8, 4) is 11.5 Å². The highest BCUT2D eigenvalue weighted by molar-refractivity contribution is 6.33. The topological polar surface area (TPSA) is 113 Å². The van der Waals surface area contributed by atoms with E-state index in [1.807, 2.05) is 0 Å². The minimum Gasteiger partial charge on any atom is -0.504 e. The van der Waals surface area contributed by atoms with Crippen LogP contribution in [0.4, 0.5) is 0 Å². The molecule has 0 aromatic heterocycles. The Labute approximate surface area is 99.8 Å². The Kier molecular flexibility index (Phi) is 3.69. The highest BCUT2D eigenvalue weighted by atomic mass is 17.1. The van der Waals surface area contributed by atoms with Gasteiger partial charge in [-0.25, -0.2) is 4.79 Å². The second-order valence-electron chi connectivity index (χ2n) is 4.13. The van der Waals surface area contributed by atoms with Gasteiger partial charge in [0.15, 0.2) is 11.5 Å². The van der Waals surface area contributed by atoms with Gasteiger partial charge < -0.3 is 15.9 Å². The highest BCUT2D eigenvalue weighted by Crippen LogP contribution is 2.30. The predicted octanol–water partition coefficient (Wildman–Crippen LogP) is -1.92. The third-order valence-corrected chi connectivity index (χ3v) is 2.92. The summed E-state index contributed by atoms with van der Waals surface area (Å²) in [5.41, 5.74) is 4.85. The first kappa shape index (κ1) is 13.4. The number of aromatic hydroxyl groups is 2. The number of nitrogens with two attached hydrogens (primary N) is 1. The molecule has 0 aliphatic heterocycles. The molecule has 0 heterocycles. The minimum absolute atomic E-state index is 0.260. The molecule has 17 heavy (non-hydrogen) atoms. The molecule has 0 fully saturated rings. The van der Waals surface area contributed by atoms with Crippen LogP contribution < -0.4 is 5.73 Å². The molecule has 0 spiro atoms. The fourth-order valence-corrected chi connectivity index (χ4v) is 1.43. The van der Waals surface area contributed by atoms with Crippen LogP contribution in [0, 0.1) is 0 Å². The Bertz CT molecular complexity index is 437. The first-order valence-corrected chi connectivity index (χ1v) is 4.97. The van der Waals surface area contributed by atoms with Gasteiger partial charge in [0, 0.05) is 0 Å². The molecule has 0 radical (unpaired) electrons. The maximum absolute atomic E-state index is 11.3. The monoisotopic (exact) mass is 237 g/mol. The normalized spacial score (nSPS) is 15.9. The lowest BCUT2D eigenvalue weighted by molar-refractivity contribution is -0.237. The van der Waals surface area contributed by atoms with Crippen molar-refractivity contribution in [1.29, 1.82) is 0 Å². The molecule has 8 heteroatoms. The van der Waals surface area contributed by atoms with Crippen molar-refractivity contribution in [3.05, 3.63) is 23.8 Å². The highest BCUT2D eigenvalue weighted by Gasteiger charge is 2.37. The SMILES string of the molecule is B[C@@H](c1ccc(O)c(O)c1)[C@@](B)(N)C(=O)OO. The van der Waals surface area contributed by atoms with Crippen molar-refractivity contribution >= 4 is 21.7 Å². The third kappa shape index (κ3) is 2.54. The Morgan fingerprint density at radius 1 is 1.41 bits per heavy atom. The molecule has 1 aromatic rings. The summed E-state index contributed by atoms with van der Waals surface area (Å²) >= 11 is 0. The van der Waals surface area contributed by atoms with Crippen molar-refractivity contribution < 1.29 is 25.2 Å². The van der Waals surface area contributed by atoms with Gasteiger partial charge in [-0.05, 0) is 23.5 Å². The lowest BCUT2D eigenvalue weighted by atomic mass is 9.58. The minimum atomic E-state index is -1.45. The smallest absolute Gasteiger partial charge is 0.352 e. The molecule has 0 unspecified atom stereocenters. The second kappa shape index (κ2) is 4.68. The van der Waals surface area contributed by atoms with Crippen LogP contribution >= 0.6 is 0 Å². The van der Waals surface area contributed by atoms with Crippen molar-refractivity contribution in [2.45, 2.75) is 11.3 Å². The number of rotatable bonds is 3. The van der Waals surface area contributed by atoms with Gasteiger partial charge in [-0.1, -0.05) is 6.07 Å². The van der Waals surface area contributed by atoms with Gasteiger partial charge >= 0.3 is 5.97 Å². The molecule has 0 amide bonds. The van der Waals surface area contributed by atoms with E-state index in [0.717, 1.165) is 0 Å². The van der Waals surface area contributed by atoms with Crippen LogP contribution in [0.2, 0.25) is 0 Å². The summed E-state index contributed by atoms with van der Waals surface area (Å²) in [5, 5.41) is 26.9. The third-order valence-electron chi connectivity index (χ3n) is 2.92. The molecule has 0 aliphatic carbocycles. The van der Waals surface area contributed by atoms with E-state index in [1.54, 1.807) is 7.85 Å². The fourth-order valence-electron chi connectivity index (χ4n) is 1.43. The number of benzene rings is 1. The molecular weight excluding hydrogens is 224 g/mol. The summed E-state index contributed by atoms with van der Waals surface area (Å²) in [5.74, 6) is -2.06. The Hall–Kier alpha value is -1.66. The lowest BCUT2D eigenvalue weighted by Gasteiger charge is -2.28. The molecule has 2 atom stereocenters. The van der Waals surface area contributed by atoms with E-state index in [4.69, 9.17) is 11.0 Å². The summed E-state index contributed by atoms with van der Waals surface area (Å²) < 4.78 is 0. The van der Waals surface area contributed by atoms with Gasteiger partial charge in [0.2, 0.25) is 0 Å². The largest absolute Gasteiger partial charge is 0.504 e. The summed E-state index contributed by atoms with van der Waals surface area (Å²) in [4.78, 5) is 14.9. The summed E-state index contributed by atoms with van der Waals surface area (Å²) in [6.45, 7) is 0. The standard InChI is InChI=1S/C9H13B2NO5/c10-7(9(11,12)8(15)17-16)4-1-2-5(13)6(14)3-4/h1-3,7,13-14,16H,10-12H2/t7-,9+/m0/s1. The number of hydrogen-bond acceptors (Lipinski definition) is 6. The molecular formula is C9H13B2NO5. The van der Waals surface area contributed by atoms with E-state index in [1.165, 1.54) is 26.0 Å². The van der Waals surface area contributed by atoms with Gasteiger partial charge in [-0.15, -0.1) is 0 Å². The first-order chi connectivity index (χ1) is 7.80. The van der Waals surface area contributed by atoms with E-state index in [9.17, 15) is 15.0 Å². The van der Waals surface area contributed by atoms with E-state index in [2.05, 4.69) is 4.89 Å². The molecule has 0 aliphatic rings. The number of phenols is 2. The van der Waals surface area contributed by atoms with Gasteiger partial charge in [-0.3, -0.25) is 4.89 Å². The van der Waals surface area contributed by atoms with E-state index >= 15 is 0 Å². The van der Waals surface area contributed by atoms with E-state index < -0.39 is 17.2 Å². The molecule has 0 saturated carbocycles. The van der Waals surface area contributed by atoms with Crippen molar-refractivity contribution in [2.24, 2.45) is 5.73 Å². The van der Waals surface area contributed by atoms with Crippen LogP contribution in [0.5, 0.6) is 11.5 Å². The maximum atomic E-state index is 11.3. The zero-order valence-corrected chi connectivity index (χ0v) is 9.54. The zero-order chi connectivity index (χ0) is 13.2.